The summed E-state index contributed by atoms with van der Waals surface area (Å²) in [6.07, 6.45) is 8.86. The molecule has 2 aromatic heterocycles. The Balaban J connectivity index is 1.21. The number of amides is 2. The molecule has 1 aliphatic rings. The van der Waals surface area contributed by atoms with Crippen LogP contribution in [0.15, 0.2) is 61.1 Å². The molecule has 3 aromatic rings. The van der Waals surface area contributed by atoms with Crippen molar-refractivity contribution >= 4 is 11.7 Å². The van der Waals surface area contributed by atoms with Crippen molar-refractivity contribution in [1.82, 2.24) is 20.1 Å². The van der Waals surface area contributed by atoms with E-state index in [0.29, 0.717) is 19.8 Å². The Bertz CT molecular complexity index is 954. The standard InChI is InChI=1S/C23H27N5O3/c29-23(25-15-19-8-9-22(24-14-19)28-11-4-10-26-28)27-20-6-3-5-18(13-20)16-30-17-21-7-1-2-12-31-21/h3-6,8-11,13-14,21H,1-2,7,12,15-17H2,(H2,25,27,29). The van der Waals surface area contributed by atoms with Gasteiger partial charge in [-0.3, -0.25) is 0 Å². The normalized spacial score (nSPS) is 16.1. The van der Waals surface area contributed by atoms with Crippen LogP contribution in [0, 0.1) is 0 Å². The van der Waals surface area contributed by atoms with Crippen molar-refractivity contribution in [3.8, 4) is 5.82 Å². The van der Waals surface area contributed by atoms with E-state index in [4.69, 9.17) is 9.47 Å². The van der Waals surface area contributed by atoms with E-state index in [9.17, 15) is 4.79 Å². The van der Waals surface area contributed by atoms with Crippen LogP contribution in [-0.4, -0.2) is 40.1 Å². The average molecular weight is 422 g/mol. The lowest BCUT2D eigenvalue weighted by molar-refractivity contribution is -0.0447. The molecule has 2 amide bonds. The monoisotopic (exact) mass is 421 g/mol. The maximum absolute atomic E-state index is 12.3. The third-order valence-corrected chi connectivity index (χ3v) is 5.03. The fourth-order valence-electron chi connectivity index (χ4n) is 3.40. The first-order chi connectivity index (χ1) is 15.3. The summed E-state index contributed by atoms with van der Waals surface area (Å²) in [5, 5.41) is 9.85. The Morgan fingerprint density at radius 3 is 2.94 bits per heavy atom. The zero-order valence-corrected chi connectivity index (χ0v) is 17.4. The van der Waals surface area contributed by atoms with Gasteiger partial charge in [0, 0.05) is 37.4 Å². The van der Waals surface area contributed by atoms with Crippen LogP contribution < -0.4 is 10.6 Å². The highest BCUT2D eigenvalue weighted by Crippen LogP contribution is 2.15. The summed E-state index contributed by atoms with van der Waals surface area (Å²) in [5.74, 6) is 0.729. The van der Waals surface area contributed by atoms with Crippen molar-refractivity contribution in [1.29, 1.82) is 0 Å². The second-order valence-electron chi connectivity index (χ2n) is 7.49. The molecule has 2 N–H and O–H groups in total. The van der Waals surface area contributed by atoms with Crippen molar-refractivity contribution in [3.63, 3.8) is 0 Å². The number of carbonyl (C=O) groups is 1. The molecule has 0 saturated carbocycles. The van der Waals surface area contributed by atoms with Gasteiger partial charge in [-0.15, -0.1) is 0 Å². The van der Waals surface area contributed by atoms with E-state index in [-0.39, 0.29) is 12.1 Å². The van der Waals surface area contributed by atoms with Crippen molar-refractivity contribution in [3.05, 3.63) is 72.2 Å². The van der Waals surface area contributed by atoms with E-state index in [2.05, 4.69) is 20.7 Å². The lowest BCUT2D eigenvalue weighted by atomic mass is 10.1. The third-order valence-electron chi connectivity index (χ3n) is 5.03. The molecular formula is C23H27N5O3. The van der Waals surface area contributed by atoms with Gasteiger partial charge in [-0.2, -0.15) is 5.10 Å². The predicted octanol–water partition coefficient (Wildman–Crippen LogP) is 3.67. The van der Waals surface area contributed by atoms with E-state index in [1.54, 1.807) is 17.1 Å². The topological polar surface area (TPSA) is 90.3 Å². The van der Waals surface area contributed by atoms with Crippen LogP contribution in [0.3, 0.4) is 0 Å². The lowest BCUT2D eigenvalue weighted by Crippen LogP contribution is -2.28. The maximum atomic E-state index is 12.3. The highest BCUT2D eigenvalue weighted by molar-refractivity contribution is 5.89. The largest absolute Gasteiger partial charge is 0.376 e. The van der Waals surface area contributed by atoms with E-state index in [1.807, 2.05) is 48.7 Å². The third kappa shape index (κ3) is 6.37. The van der Waals surface area contributed by atoms with Crippen LogP contribution in [-0.2, 0) is 22.6 Å². The zero-order valence-electron chi connectivity index (χ0n) is 17.4. The van der Waals surface area contributed by atoms with Gasteiger partial charge in [0.25, 0.3) is 0 Å². The molecular weight excluding hydrogens is 394 g/mol. The predicted molar refractivity (Wildman–Crippen MR) is 117 cm³/mol. The zero-order chi connectivity index (χ0) is 21.3. The number of urea groups is 1. The minimum atomic E-state index is -0.273. The number of nitrogens with zero attached hydrogens (tertiary/aromatic N) is 3. The van der Waals surface area contributed by atoms with Crippen LogP contribution in [0.4, 0.5) is 10.5 Å². The molecule has 162 valence electrons. The Labute approximate surface area is 181 Å². The lowest BCUT2D eigenvalue weighted by Gasteiger charge is -2.22. The average Bonchev–Trinajstić information content (AvgIpc) is 3.34. The van der Waals surface area contributed by atoms with Gasteiger partial charge in [0.2, 0.25) is 0 Å². The van der Waals surface area contributed by atoms with E-state index < -0.39 is 0 Å². The maximum Gasteiger partial charge on any atom is 0.319 e. The first-order valence-corrected chi connectivity index (χ1v) is 10.5. The number of aromatic nitrogens is 3. The molecule has 1 fully saturated rings. The number of nitrogens with one attached hydrogen (secondary N) is 2. The summed E-state index contributed by atoms with van der Waals surface area (Å²) < 4.78 is 13.2. The molecule has 8 nitrogen and oxygen atoms in total. The molecule has 3 heterocycles. The molecule has 1 aliphatic heterocycles. The molecule has 0 aliphatic carbocycles. The molecule has 1 atom stereocenters. The molecule has 0 spiro atoms. The SMILES string of the molecule is O=C(NCc1ccc(-n2cccn2)nc1)Nc1cccc(COCC2CCCCO2)c1. The smallest absolute Gasteiger partial charge is 0.319 e. The molecule has 1 saturated heterocycles. The summed E-state index contributed by atoms with van der Waals surface area (Å²) in [5.41, 5.74) is 2.63. The highest BCUT2D eigenvalue weighted by atomic mass is 16.5. The first-order valence-electron chi connectivity index (χ1n) is 10.5. The van der Waals surface area contributed by atoms with Crippen LogP contribution in [0.1, 0.15) is 30.4 Å². The van der Waals surface area contributed by atoms with Crippen LogP contribution >= 0.6 is 0 Å². The highest BCUT2D eigenvalue weighted by Gasteiger charge is 2.13. The number of carbonyl (C=O) groups excluding carboxylic acids is 1. The van der Waals surface area contributed by atoms with Gasteiger partial charge in [-0.1, -0.05) is 18.2 Å². The number of pyridine rings is 1. The molecule has 31 heavy (non-hydrogen) atoms. The van der Waals surface area contributed by atoms with E-state index >= 15 is 0 Å². The first kappa shape index (κ1) is 21.0. The van der Waals surface area contributed by atoms with Gasteiger partial charge in [0.05, 0.1) is 19.3 Å². The number of hydrogen-bond donors (Lipinski definition) is 2. The molecule has 8 heteroatoms. The molecule has 1 unspecified atom stereocenters. The fraction of sp³-hybridized carbons (Fsp3) is 0.348. The van der Waals surface area contributed by atoms with Gasteiger partial charge in [0.1, 0.15) is 0 Å². The Morgan fingerprint density at radius 2 is 2.16 bits per heavy atom. The van der Waals surface area contributed by atoms with Crippen molar-refractivity contribution in [2.24, 2.45) is 0 Å². The number of hydrogen-bond acceptors (Lipinski definition) is 5. The Kier molecular flexibility index (Phi) is 7.25. The summed E-state index contributed by atoms with van der Waals surface area (Å²) in [7, 11) is 0. The van der Waals surface area contributed by atoms with E-state index in [1.165, 1.54) is 6.42 Å². The second-order valence-corrected chi connectivity index (χ2v) is 7.49. The van der Waals surface area contributed by atoms with Gasteiger partial charge < -0.3 is 20.1 Å². The number of ether oxygens (including phenoxy) is 2. The molecule has 0 radical (unpaired) electrons. The Hall–Kier alpha value is -3.23. The number of anilines is 1. The number of rotatable bonds is 8. The molecule has 0 bridgehead atoms. The van der Waals surface area contributed by atoms with Gasteiger partial charge in [-0.05, 0) is 54.7 Å². The van der Waals surface area contributed by atoms with E-state index in [0.717, 1.165) is 42.1 Å². The second kappa shape index (κ2) is 10.7. The molecule has 1 aromatic carbocycles. The fourth-order valence-corrected chi connectivity index (χ4v) is 3.40. The minimum absolute atomic E-state index is 0.198. The quantitative estimate of drug-likeness (QED) is 0.579. The number of benzene rings is 1. The van der Waals surface area contributed by atoms with Crippen molar-refractivity contribution < 1.29 is 14.3 Å². The van der Waals surface area contributed by atoms with Gasteiger partial charge in [0.15, 0.2) is 5.82 Å². The summed E-state index contributed by atoms with van der Waals surface area (Å²) >= 11 is 0. The van der Waals surface area contributed by atoms with Crippen molar-refractivity contribution in [2.75, 3.05) is 18.5 Å². The summed E-state index contributed by atoms with van der Waals surface area (Å²) in [6, 6.07) is 13.0. The minimum Gasteiger partial charge on any atom is -0.376 e. The van der Waals surface area contributed by atoms with Crippen LogP contribution in [0.2, 0.25) is 0 Å². The van der Waals surface area contributed by atoms with Crippen LogP contribution in [0.5, 0.6) is 0 Å². The van der Waals surface area contributed by atoms with Gasteiger partial charge in [-0.25, -0.2) is 14.5 Å². The Morgan fingerprint density at radius 1 is 1.19 bits per heavy atom. The summed E-state index contributed by atoms with van der Waals surface area (Å²) in [4.78, 5) is 16.6. The van der Waals surface area contributed by atoms with Gasteiger partial charge >= 0.3 is 6.03 Å². The summed E-state index contributed by atoms with van der Waals surface area (Å²) in [6.45, 7) is 2.30. The van der Waals surface area contributed by atoms with Crippen LogP contribution in [0.25, 0.3) is 5.82 Å². The molecule has 4 rings (SSSR count). The van der Waals surface area contributed by atoms with Crippen molar-refractivity contribution in [2.45, 2.75) is 38.5 Å².